The van der Waals surface area contributed by atoms with Crippen LogP contribution in [-0.2, 0) is 16.6 Å². The Morgan fingerprint density at radius 3 is 2.59 bits per heavy atom. The number of nitrogens with one attached hydrogen (secondary N) is 1. The SMILES string of the molecule is CCOC1CC(NC(=O)c2cc(=O)n(C)c3ccccc23)(C(=O)O)C1(C)C. The Kier molecular flexibility index (Phi) is 4.59. The topological polar surface area (TPSA) is 97.6 Å². The van der Waals surface area contributed by atoms with Gasteiger partial charge in [-0.2, -0.15) is 0 Å². The number of para-hydroxylation sites is 1. The molecule has 1 amide bonds. The summed E-state index contributed by atoms with van der Waals surface area (Å²) in [6.45, 7) is 5.86. The Morgan fingerprint density at radius 1 is 1.33 bits per heavy atom. The first-order valence-corrected chi connectivity index (χ1v) is 8.92. The highest BCUT2D eigenvalue weighted by molar-refractivity contribution is 6.08. The maximum absolute atomic E-state index is 13.0. The number of aliphatic carboxylic acids is 1. The largest absolute Gasteiger partial charge is 0.479 e. The number of carboxylic acids is 1. The third-order valence-electron chi connectivity index (χ3n) is 5.85. The van der Waals surface area contributed by atoms with Gasteiger partial charge in [-0.1, -0.05) is 32.0 Å². The summed E-state index contributed by atoms with van der Waals surface area (Å²) in [7, 11) is 1.63. The monoisotopic (exact) mass is 372 g/mol. The molecule has 0 radical (unpaired) electrons. The first-order chi connectivity index (χ1) is 12.7. The number of nitrogens with zero attached hydrogens (tertiary/aromatic N) is 1. The predicted octanol–water partition coefficient (Wildman–Crippen LogP) is 1.93. The van der Waals surface area contributed by atoms with Gasteiger partial charge in [0.1, 0.15) is 5.54 Å². The van der Waals surface area contributed by atoms with Crippen molar-refractivity contribution in [1.29, 1.82) is 0 Å². The zero-order chi connectivity index (χ0) is 20.0. The molecule has 0 aliphatic heterocycles. The van der Waals surface area contributed by atoms with Crippen LogP contribution >= 0.6 is 0 Å². The summed E-state index contributed by atoms with van der Waals surface area (Å²) < 4.78 is 7.08. The van der Waals surface area contributed by atoms with E-state index in [1.165, 1.54) is 10.6 Å². The second-order valence-electron chi connectivity index (χ2n) is 7.51. The van der Waals surface area contributed by atoms with Gasteiger partial charge in [-0.15, -0.1) is 0 Å². The smallest absolute Gasteiger partial charge is 0.330 e. The number of hydrogen-bond acceptors (Lipinski definition) is 4. The molecule has 2 aromatic rings. The molecular formula is C20H24N2O5. The number of carboxylic acid groups (broad SMARTS) is 1. The number of aryl methyl sites for hydroxylation is 1. The molecule has 0 saturated heterocycles. The molecule has 3 rings (SSSR count). The molecule has 144 valence electrons. The summed E-state index contributed by atoms with van der Waals surface area (Å²) in [5.74, 6) is -1.68. The van der Waals surface area contributed by atoms with Crippen molar-refractivity contribution >= 4 is 22.8 Å². The molecule has 1 aromatic heterocycles. The van der Waals surface area contributed by atoms with Crippen LogP contribution in [0.1, 0.15) is 37.6 Å². The first kappa shape index (κ1) is 19.1. The van der Waals surface area contributed by atoms with Crippen molar-refractivity contribution in [1.82, 2.24) is 9.88 Å². The van der Waals surface area contributed by atoms with E-state index in [1.54, 1.807) is 45.2 Å². The Morgan fingerprint density at radius 2 is 2.00 bits per heavy atom. The summed E-state index contributed by atoms with van der Waals surface area (Å²) in [6, 6.07) is 8.29. The molecule has 1 aliphatic rings. The number of carbonyl (C=O) groups is 2. The molecule has 1 fully saturated rings. The number of aromatic nitrogens is 1. The van der Waals surface area contributed by atoms with E-state index in [0.29, 0.717) is 17.5 Å². The minimum atomic E-state index is -1.45. The van der Waals surface area contributed by atoms with Crippen molar-refractivity contribution in [3.8, 4) is 0 Å². The van der Waals surface area contributed by atoms with Crippen molar-refractivity contribution in [3.05, 3.63) is 46.2 Å². The van der Waals surface area contributed by atoms with Crippen LogP contribution < -0.4 is 10.9 Å². The Hall–Kier alpha value is -2.67. The third-order valence-corrected chi connectivity index (χ3v) is 5.85. The van der Waals surface area contributed by atoms with E-state index in [9.17, 15) is 19.5 Å². The zero-order valence-corrected chi connectivity index (χ0v) is 15.9. The number of ether oxygens (including phenoxy) is 1. The van der Waals surface area contributed by atoms with Gasteiger partial charge in [0.25, 0.3) is 11.5 Å². The number of pyridine rings is 1. The van der Waals surface area contributed by atoms with Gasteiger partial charge in [-0.25, -0.2) is 4.79 Å². The van der Waals surface area contributed by atoms with Gasteiger partial charge in [0.2, 0.25) is 0 Å². The highest BCUT2D eigenvalue weighted by Gasteiger charge is 2.66. The highest BCUT2D eigenvalue weighted by atomic mass is 16.5. The average molecular weight is 372 g/mol. The van der Waals surface area contributed by atoms with E-state index in [1.807, 2.05) is 6.92 Å². The number of carbonyl (C=O) groups excluding carboxylic acids is 1. The minimum absolute atomic E-state index is 0.171. The number of fused-ring (bicyclic) bond motifs is 1. The standard InChI is InChI=1S/C20H24N2O5/c1-5-27-15-11-20(18(25)26,19(15,2)3)21-17(24)13-10-16(23)22(4)14-9-7-6-8-12(13)14/h6-10,15H,5,11H2,1-4H3,(H,21,24)(H,25,26). The second-order valence-corrected chi connectivity index (χ2v) is 7.51. The molecule has 0 bridgehead atoms. The van der Waals surface area contributed by atoms with Crippen LogP contribution in [-0.4, -0.2) is 39.8 Å². The van der Waals surface area contributed by atoms with Gasteiger partial charge in [-0.05, 0) is 13.0 Å². The predicted molar refractivity (Wildman–Crippen MR) is 101 cm³/mol. The lowest BCUT2D eigenvalue weighted by molar-refractivity contribution is -0.190. The lowest BCUT2D eigenvalue weighted by Gasteiger charge is -2.58. The molecule has 1 aliphatic carbocycles. The van der Waals surface area contributed by atoms with Crippen molar-refractivity contribution in [3.63, 3.8) is 0 Å². The summed E-state index contributed by atoms with van der Waals surface area (Å²) in [5, 5.41) is 13.2. The number of rotatable bonds is 5. The van der Waals surface area contributed by atoms with Crippen LogP contribution in [0.4, 0.5) is 0 Å². The Bertz CT molecular complexity index is 978. The maximum Gasteiger partial charge on any atom is 0.330 e. The van der Waals surface area contributed by atoms with Crippen LogP contribution in [0.15, 0.2) is 35.1 Å². The Balaban J connectivity index is 2.03. The number of hydrogen-bond donors (Lipinski definition) is 2. The molecule has 2 atom stereocenters. The molecule has 27 heavy (non-hydrogen) atoms. The Labute approximate surface area is 156 Å². The van der Waals surface area contributed by atoms with Gasteiger partial charge >= 0.3 is 5.97 Å². The maximum atomic E-state index is 13.0. The van der Waals surface area contributed by atoms with E-state index in [2.05, 4.69) is 5.32 Å². The van der Waals surface area contributed by atoms with E-state index in [0.717, 1.165) is 0 Å². The van der Waals surface area contributed by atoms with Crippen molar-refractivity contribution in [2.24, 2.45) is 12.5 Å². The fourth-order valence-electron chi connectivity index (χ4n) is 3.90. The normalized spacial score (nSPS) is 23.6. The van der Waals surface area contributed by atoms with E-state index < -0.39 is 22.8 Å². The van der Waals surface area contributed by atoms with Gasteiger partial charge in [0, 0.05) is 36.9 Å². The van der Waals surface area contributed by atoms with Crippen molar-refractivity contribution in [2.75, 3.05) is 6.61 Å². The van der Waals surface area contributed by atoms with Crippen molar-refractivity contribution in [2.45, 2.75) is 38.8 Å². The molecule has 1 aromatic carbocycles. The zero-order valence-electron chi connectivity index (χ0n) is 15.9. The van der Waals surface area contributed by atoms with Crippen LogP contribution in [0, 0.1) is 5.41 Å². The fraction of sp³-hybridized carbons (Fsp3) is 0.450. The lowest BCUT2D eigenvalue weighted by Crippen LogP contribution is -2.76. The molecule has 2 unspecified atom stereocenters. The molecule has 1 saturated carbocycles. The molecular weight excluding hydrogens is 348 g/mol. The second kappa shape index (κ2) is 6.49. The van der Waals surface area contributed by atoms with Crippen molar-refractivity contribution < 1.29 is 19.4 Å². The van der Waals surface area contributed by atoms with Gasteiger partial charge in [0.15, 0.2) is 0 Å². The molecule has 7 heteroatoms. The summed E-state index contributed by atoms with van der Waals surface area (Å²) in [6.07, 6.45) is -0.0863. The highest BCUT2D eigenvalue weighted by Crippen LogP contribution is 2.51. The number of amides is 1. The van der Waals surface area contributed by atoms with E-state index >= 15 is 0 Å². The van der Waals surface area contributed by atoms with E-state index in [-0.39, 0.29) is 23.6 Å². The van der Waals surface area contributed by atoms with Gasteiger partial charge < -0.3 is 19.7 Å². The summed E-state index contributed by atoms with van der Waals surface area (Å²) in [5.41, 5.74) is -1.79. The van der Waals surface area contributed by atoms with Crippen LogP contribution in [0.3, 0.4) is 0 Å². The summed E-state index contributed by atoms with van der Waals surface area (Å²) in [4.78, 5) is 37.4. The fourth-order valence-corrected chi connectivity index (χ4v) is 3.90. The third kappa shape index (κ3) is 2.73. The first-order valence-electron chi connectivity index (χ1n) is 8.92. The van der Waals surface area contributed by atoms with E-state index in [4.69, 9.17) is 4.74 Å². The number of benzene rings is 1. The summed E-state index contributed by atoms with van der Waals surface area (Å²) >= 11 is 0. The quantitative estimate of drug-likeness (QED) is 0.836. The van der Waals surface area contributed by atoms with Crippen LogP contribution in [0.2, 0.25) is 0 Å². The lowest BCUT2D eigenvalue weighted by atomic mass is 9.54. The van der Waals surface area contributed by atoms with Crippen LogP contribution in [0.5, 0.6) is 0 Å². The molecule has 7 nitrogen and oxygen atoms in total. The van der Waals surface area contributed by atoms with Gasteiger partial charge in [-0.3, -0.25) is 9.59 Å². The van der Waals surface area contributed by atoms with Gasteiger partial charge in [0.05, 0.1) is 17.2 Å². The van der Waals surface area contributed by atoms with Crippen LogP contribution in [0.25, 0.3) is 10.9 Å². The average Bonchev–Trinajstić information content (AvgIpc) is 2.63. The minimum Gasteiger partial charge on any atom is -0.479 e. The molecule has 1 heterocycles. The molecule has 2 N–H and O–H groups in total. The molecule has 0 spiro atoms.